The molecule has 0 aliphatic carbocycles. The fourth-order valence-electron chi connectivity index (χ4n) is 1.41. The molecule has 1 aromatic carbocycles. The smallest absolute Gasteiger partial charge is 0.271 e. The summed E-state index contributed by atoms with van der Waals surface area (Å²) in [6, 6.07) is 3.88. The number of nitrogens with zero attached hydrogens (tertiary/aromatic N) is 1. The molecule has 0 radical (unpaired) electrons. The molecule has 18 heavy (non-hydrogen) atoms. The summed E-state index contributed by atoms with van der Waals surface area (Å²) in [7, 11) is 0. The Hall–Kier alpha value is -1.66. The monoisotopic (exact) mass is 271 g/mol. The van der Waals surface area contributed by atoms with Crippen molar-refractivity contribution in [1.82, 2.24) is 0 Å². The Balaban J connectivity index is 2.86. The van der Waals surface area contributed by atoms with Crippen LogP contribution in [0.25, 0.3) is 0 Å². The lowest BCUT2D eigenvalue weighted by Gasteiger charge is -2.13. The number of amides is 1. The number of nitrogens with one attached hydrogen (secondary N) is 1. The highest BCUT2D eigenvalue weighted by Crippen LogP contribution is 2.27. The fraction of sp³-hybridized carbons (Fsp3) is 0.364. The molecule has 7 heteroatoms. The highest BCUT2D eigenvalue weighted by molar-refractivity contribution is 6.34. The zero-order valence-corrected chi connectivity index (χ0v) is 10.6. The molecule has 1 amide bonds. The number of hydrogen-bond acceptors (Lipinski definition) is 4. The second kappa shape index (κ2) is 6.32. The number of rotatable bonds is 5. The summed E-state index contributed by atoms with van der Waals surface area (Å²) in [5.74, 6) is -0.535. The molecule has 1 atom stereocenters. The number of anilines is 1. The number of non-ortho nitro benzene ring substituents is 1. The molecule has 0 saturated carbocycles. The molecule has 0 aliphatic rings. The molecule has 6 nitrogen and oxygen atoms in total. The van der Waals surface area contributed by atoms with E-state index < -0.39 is 4.92 Å². The van der Waals surface area contributed by atoms with Crippen LogP contribution in [0.15, 0.2) is 18.2 Å². The van der Waals surface area contributed by atoms with Crippen LogP contribution in [0.3, 0.4) is 0 Å². The van der Waals surface area contributed by atoms with Gasteiger partial charge in [0.1, 0.15) is 0 Å². The molecule has 0 aromatic heterocycles. The van der Waals surface area contributed by atoms with Crippen LogP contribution in [-0.2, 0) is 4.79 Å². The average Bonchev–Trinajstić information content (AvgIpc) is 2.33. The van der Waals surface area contributed by atoms with Crippen molar-refractivity contribution in [2.75, 3.05) is 11.9 Å². The fourth-order valence-corrected chi connectivity index (χ4v) is 1.63. The van der Waals surface area contributed by atoms with Crippen molar-refractivity contribution in [3.05, 3.63) is 33.3 Å². The molecule has 0 spiro atoms. The van der Waals surface area contributed by atoms with Gasteiger partial charge in [-0.2, -0.15) is 0 Å². The van der Waals surface area contributed by atoms with E-state index in [4.69, 9.17) is 17.3 Å². The lowest BCUT2D eigenvalue weighted by molar-refractivity contribution is -0.384. The molecular weight excluding hydrogens is 258 g/mol. The van der Waals surface area contributed by atoms with Crippen LogP contribution < -0.4 is 11.1 Å². The second-order valence-corrected chi connectivity index (χ2v) is 4.16. The van der Waals surface area contributed by atoms with Crippen LogP contribution in [0.1, 0.15) is 13.3 Å². The van der Waals surface area contributed by atoms with Gasteiger partial charge in [0.25, 0.3) is 5.69 Å². The van der Waals surface area contributed by atoms with E-state index in [9.17, 15) is 14.9 Å². The van der Waals surface area contributed by atoms with E-state index in [0.29, 0.717) is 12.1 Å². The lowest BCUT2D eigenvalue weighted by atomic mass is 10.1. The van der Waals surface area contributed by atoms with Gasteiger partial charge in [-0.3, -0.25) is 14.9 Å². The van der Waals surface area contributed by atoms with Gasteiger partial charge < -0.3 is 11.1 Å². The molecule has 0 fully saturated rings. The number of carbonyl (C=O) groups is 1. The molecule has 0 bridgehead atoms. The van der Waals surface area contributed by atoms with Crippen molar-refractivity contribution < 1.29 is 9.72 Å². The first-order valence-electron chi connectivity index (χ1n) is 5.44. The third-order valence-corrected chi connectivity index (χ3v) is 2.88. The highest BCUT2D eigenvalue weighted by atomic mass is 35.5. The first-order chi connectivity index (χ1) is 8.49. The van der Waals surface area contributed by atoms with Gasteiger partial charge in [-0.1, -0.05) is 18.5 Å². The lowest BCUT2D eigenvalue weighted by Crippen LogP contribution is -2.28. The molecule has 3 N–H and O–H groups in total. The Kier molecular flexibility index (Phi) is 5.06. The van der Waals surface area contributed by atoms with E-state index in [2.05, 4.69) is 5.32 Å². The minimum Gasteiger partial charge on any atom is -0.330 e. The molecule has 1 aromatic rings. The summed E-state index contributed by atoms with van der Waals surface area (Å²) in [6.07, 6.45) is 0.618. The largest absolute Gasteiger partial charge is 0.330 e. The van der Waals surface area contributed by atoms with Crippen LogP contribution in [0.2, 0.25) is 5.02 Å². The molecule has 0 aliphatic heterocycles. The molecule has 1 rings (SSSR count). The van der Waals surface area contributed by atoms with Gasteiger partial charge in [-0.25, -0.2) is 0 Å². The normalized spacial score (nSPS) is 11.9. The number of nitrogens with two attached hydrogens (primary N) is 1. The average molecular weight is 272 g/mol. The van der Waals surface area contributed by atoms with E-state index in [1.165, 1.54) is 18.2 Å². The van der Waals surface area contributed by atoms with Crippen LogP contribution in [0, 0.1) is 16.0 Å². The molecule has 1 unspecified atom stereocenters. The Bertz CT molecular complexity index is 461. The number of carbonyl (C=O) groups excluding carboxylic acids is 1. The third-order valence-electron chi connectivity index (χ3n) is 2.57. The first-order valence-corrected chi connectivity index (χ1v) is 5.82. The maximum atomic E-state index is 11.8. The van der Waals surface area contributed by atoms with Crippen molar-refractivity contribution >= 4 is 28.9 Å². The van der Waals surface area contributed by atoms with Crippen LogP contribution in [-0.4, -0.2) is 17.4 Å². The van der Waals surface area contributed by atoms with E-state index >= 15 is 0 Å². The molecule has 0 heterocycles. The van der Waals surface area contributed by atoms with Crippen LogP contribution in [0.4, 0.5) is 11.4 Å². The zero-order chi connectivity index (χ0) is 13.7. The minimum atomic E-state index is -0.549. The van der Waals surface area contributed by atoms with Crippen molar-refractivity contribution in [2.24, 2.45) is 11.7 Å². The number of halogens is 1. The predicted molar refractivity (Wildman–Crippen MR) is 69.6 cm³/mol. The van der Waals surface area contributed by atoms with Crippen LogP contribution in [0.5, 0.6) is 0 Å². The standard InChI is InChI=1S/C11H14ClN3O3/c1-2-7(6-13)11(16)14-10-4-3-8(15(17)18)5-9(10)12/h3-5,7H,2,6,13H2,1H3,(H,14,16). The predicted octanol–water partition coefficient (Wildman–Crippen LogP) is 2.17. The van der Waals surface area contributed by atoms with Gasteiger partial charge in [-0.15, -0.1) is 0 Å². The van der Waals surface area contributed by atoms with Crippen molar-refractivity contribution in [3.8, 4) is 0 Å². The maximum Gasteiger partial charge on any atom is 0.271 e. The van der Waals surface area contributed by atoms with Crippen molar-refractivity contribution in [1.29, 1.82) is 0 Å². The summed E-state index contributed by atoms with van der Waals surface area (Å²) in [4.78, 5) is 21.7. The van der Waals surface area contributed by atoms with Gasteiger partial charge in [0, 0.05) is 18.7 Å². The Morgan fingerprint density at radius 3 is 2.72 bits per heavy atom. The van der Waals surface area contributed by atoms with E-state index in [1.807, 2.05) is 6.92 Å². The zero-order valence-electron chi connectivity index (χ0n) is 9.85. The number of nitro groups is 1. The SMILES string of the molecule is CCC(CN)C(=O)Nc1ccc([N+](=O)[O-])cc1Cl. The summed E-state index contributed by atoms with van der Waals surface area (Å²) in [6.45, 7) is 2.10. The summed E-state index contributed by atoms with van der Waals surface area (Å²) < 4.78 is 0. The maximum absolute atomic E-state index is 11.8. The quantitative estimate of drug-likeness (QED) is 0.633. The van der Waals surface area contributed by atoms with Gasteiger partial charge in [0.2, 0.25) is 5.91 Å². The van der Waals surface area contributed by atoms with Crippen LogP contribution >= 0.6 is 11.6 Å². The third kappa shape index (κ3) is 3.41. The Labute approximate surface area is 109 Å². The van der Waals surface area contributed by atoms with Gasteiger partial charge >= 0.3 is 0 Å². The topological polar surface area (TPSA) is 98.3 Å². The van der Waals surface area contributed by atoms with Gasteiger partial charge in [-0.05, 0) is 12.5 Å². The summed E-state index contributed by atoms with van der Waals surface area (Å²) >= 11 is 5.86. The van der Waals surface area contributed by atoms with E-state index in [1.54, 1.807) is 0 Å². The van der Waals surface area contributed by atoms with Crippen molar-refractivity contribution in [3.63, 3.8) is 0 Å². The molecule has 98 valence electrons. The minimum absolute atomic E-state index is 0.121. The number of hydrogen-bond donors (Lipinski definition) is 2. The second-order valence-electron chi connectivity index (χ2n) is 3.75. The Morgan fingerprint density at radius 1 is 1.61 bits per heavy atom. The van der Waals surface area contributed by atoms with E-state index in [0.717, 1.165) is 0 Å². The summed E-state index contributed by atoms with van der Waals surface area (Å²) in [5, 5.41) is 13.3. The number of nitro benzene ring substituents is 1. The Morgan fingerprint density at radius 2 is 2.28 bits per heavy atom. The summed E-state index contributed by atoms with van der Waals surface area (Å²) in [5.41, 5.74) is 5.68. The number of benzene rings is 1. The highest BCUT2D eigenvalue weighted by Gasteiger charge is 2.17. The molecule has 0 saturated heterocycles. The van der Waals surface area contributed by atoms with Gasteiger partial charge in [0.15, 0.2) is 0 Å². The van der Waals surface area contributed by atoms with Crippen molar-refractivity contribution in [2.45, 2.75) is 13.3 Å². The first kappa shape index (κ1) is 14.4. The van der Waals surface area contributed by atoms with Gasteiger partial charge in [0.05, 0.1) is 21.6 Å². The van der Waals surface area contributed by atoms with E-state index in [-0.39, 0.29) is 29.1 Å². The molecular formula is C11H14ClN3O3.